The van der Waals surface area contributed by atoms with Crippen LogP contribution in [0.2, 0.25) is 5.15 Å². The Morgan fingerprint density at radius 2 is 0.862 bits per heavy atom. The highest BCUT2D eigenvalue weighted by molar-refractivity contribution is 6.32. The SMILES string of the molecule is Fc1c(F)c(F)c(-c2cnc(Cl)c(-c3c(F)c(F)c(F)c(F)c3F)c2)c(F)c1F. The molecule has 1 aromatic heterocycles. The molecule has 29 heavy (non-hydrogen) atoms. The van der Waals surface area contributed by atoms with E-state index in [4.69, 9.17) is 11.6 Å². The standard InChI is InChI=1S/C17H2ClF10N/c18-17-4(6-9(21)13(25)16(28)14(26)10(6)22)1-3(2-29-17)5-7(19)11(23)15(27)12(24)8(5)20/h1-2H. The zero-order valence-corrected chi connectivity index (χ0v) is 14.0. The number of hydrogen-bond acceptors (Lipinski definition) is 1. The number of benzene rings is 2. The number of rotatable bonds is 2. The van der Waals surface area contributed by atoms with Crippen LogP contribution < -0.4 is 0 Å². The van der Waals surface area contributed by atoms with Crippen LogP contribution in [0.4, 0.5) is 43.9 Å². The summed E-state index contributed by atoms with van der Waals surface area (Å²) in [5.41, 5.74) is -5.12. The average molecular weight is 446 g/mol. The fraction of sp³-hybridized carbons (Fsp3) is 0. The highest BCUT2D eigenvalue weighted by atomic mass is 35.5. The van der Waals surface area contributed by atoms with E-state index in [0.717, 1.165) is 0 Å². The molecule has 0 unspecified atom stereocenters. The number of halogens is 11. The molecular weight excluding hydrogens is 444 g/mol. The lowest BCUT2D eigenvalue weighted by Crippen LogP contribution is -2.06. The van der Waals surface area contributed by atoms with Crippen molar-refractivity contribution in [2.75, 3.05) is 0 Å². The average Bonchev–Trinajstić information content (AvgIpc) is 2.70. The molecule has 0 atom stereocenters. The first-order valence-corrected chi connectivity index (χ1v) is 7.55. The molecule has 0 N–H and O–H groups in total. The van der Waals surface area contributed by atoms with Gasteiger partial charge in [-0.3, -0.25) is 0 Å². The zero-order valence-electron chi connectivity index (χ0n) is 13.3. The minimum absolute atomic E-state index is 0.367. The van der Waals surface area contributed by atoms with Crippen molar-refractivity contribution in [2.24, 2.45) is 0 Å². The van der Waals surface area contributed by atoms with Gasteiger partial charge in [-0.25, -0.2) is 48.9 Å². The summed E-state index contributed by atoms with van der Waals surface area (Å²) in [5.74, 6) is -23.6. The van der Waals surface area contributed by atoms with Crippen molar-refractivity contribution < 1.29 is 43.9 Å². The lowest BCUT2D eigenvalue weighted by Gasteiger charge is -2.13. The van der Waals surface area contributed by atoms with Crippen LogP contribution >= 0.6 is 11.6 Å². The maximum absolute atomic E-state index is 14.0. The van der Waals surface area contributed by atoms with Gasteiger partial charge < -0.3 is 0 Å². The highest BCUT2D eigenvalue weighted by Gasteiger charge is 2.30. The monoisotopic (exact) mass is 445 g/mol. The fourth-order valence-electron chi connectivity index (χ4n) is 2.46. The summed E-state index contributed by atoms with van der Waals surface area (Å²) >= 11 is 5.60. The lowest BCUT2D eigenvalue weighted by atomic mass is 9.99. The van der Waals surface area contributed by atoms with Crippen molar-refractivity contribution in [1.82, 2.24) is 4.98 Å². The molecule has 152 valence electrons. The van der Waals surface area contributed by atoms with Gasteiger partial charge in [0.1, 0.15) is 5.15 Å². The maximum Gasteiger partial charge on any atom is 0.200 e. The smallest absolute Gasteiger partial charge is 0.200 e. The molecule has 0 aliphatic heterocycles. The summed E-state index contributed by atoms with van der Waals surface area (Å²) < 4.78 is 136. The Balaban J connectivity index is 2.37. The predicted octanol–water partition coefficient (Wildman–Crippen LogP) is 6.46. The van der Waals surface area contributed by atoms with Crippen LogP contribution in [-0.4, -0.2) is 4.98 Å². The van der Waals surface area contributed by atoms with Crippen molar-refractivity contribution in [3.63, 3.8) is 0 Å². The summed E-state index contributed by atoms with van der Waals surface area (Å²) in [5, 5.41) is -0.874. The van der Waals surface area contributed by atoms with Gasteiger partial charge in [0.2, 0.25) is 11.6 Å². The summed E-state index contributed by atoms with van der Waals surface area (Å²) in [6.45, 7) is 0. The minimum atomic E-state index is -2.48. The third-order valence-electron chi connectivity index (χ3n) is 3.82. The van der Waals surface area contributed by atoms with Crippen molar-refractivity contribution in [1.29, 1.82) is 0 Å². The van der Waals surface area contributed by atoms with Crippen LogP contribution in [-0.2, 0) is 0 Å². The lowest BCUT2D eigenvalue weighted by molar-refractivity contribution is 0.381. The van der Waals surface area contributed by atoms with Crippen molar-refractivity contribution >= 4 is 11.6 Å². The predicted molar refractivity (Wildman–Crippen MR) is 79.7 cm³/mol. The van der Waals surface area contributed by atoms with E-state index in [-0.39, 0.29) is 0 Å². The second-order valence-electron chi connectivity index (χ2n) is 5.45. The largest absolute Gasteiger partial charge is 0.243 e. The molecule has 0 saturated heterocycles. The van der Waals surface area contributed by atoms with Gasteiger partial charge in [-0.15, -0.1) is 0 Å². The highest BCUT2D eigenvalue weighted by Crippen LogP contribution is 2.38. The number of nitrogens with zero attached hydrogens (tertiary/aromatic N) is 1. The Morgan fingerprint density at radius 3 is 1.28 bits per heavy atom. The summed E-state index contributed by atoms with van der Waals surface area (Å²) in [4.78, 5) is 3.28. The fourth-order valence-corrected chi connectivity index (χ4v) is 2.66. The van der Waals surface area contributed by atoms with Gasteiger partial charge in [-0.2, -0.15) is 0 Å². The first-order valence-electron chi connectivity index (χ1n) is 7.18. The van der Waals surface area contributed by atoms with Crippen molar-refractivity contribution in [2.45, 2.75) is 0 Å². The molecule has 0 fully saturated rings. The molecule has 0 radical (unpaired) electrons. The van der Waals surface area contributed by atoms with Crippen LogP contribution in [0.3, 0.4) is 0 Å². The summed E-state index contributed by atoms with van der Waals surface area (Å²) in [7, 11) is 0. The molecule has 0 amide bonds. The quantitative estimate of drug-likeness (QED) is 0.191. The summed E-state index contributed by atoms with van der Waals surface area (Å²) in [6, 6.07) is 0.367. The molecule has 0 bridgehead atoms. The van der Waals surface area contributed by atoms with E-state index in [1.807, 2.05) is 0 Å². The van der Waals surface area contributed by atoms with Crippen LogP contribution in [0, 0.1) is 58.2 Å². The Kier molecular flexibility index (Phi) is 5.20. The molecule has 0 aliphatic rings. The van der Waals surface area contributed by atoms with Crippen LogP contribution in [0.5, 0.6) is 0 Å². The first kappa shape index (κ1) is 20.9. The second-order valence-corrected chi connectivity index (χ2v) is 5.81. The Hall–Kier alpha value is -2.82. The number of pyridine rings is 1. The van der Waals surface area contributed by atoms with Crippen LogP contribution in [0.15, 0.2) is 12.3 Å². The van der Waals surface area contributed by atoms with E-state index in [0.29, 0.717) is 12.3 Å². The molecule has 2 aromatic carbocycles. The van der Waals surface area contributed by atoms with E-state index >= 15 is 0 Å². The maximum atomic E-state index is 14.0. The van der Waals surface area contributed by atoms with Gasteiger partial charge in [0.05, 0.1) is 11.1 Å². The van der Waals surface area contributed by atoms with E-state index < -0.39 is 85.6 Å². The van der Waals surface area contributed by atoms with Gasteiger partial charge in [0.25, 0.3) is 0 Å². The van der Waals surface area contributed by atoms with E-state index in [2.05, 4.69) is 4.98 Å². The molecule has 3 rings (SSSR count). The van der Waals surface area contributed by atoms with E-state index in [9.17, 15) is 43.9 Å². The van der Waals surface area contributed by atoms with Gasteiger partial charge in [-0.1, -0.05) is 11.6 Å². The van der Waals surface area contributed by atoms with Gasteiger partial charge in [0.15, 0.2) is 46.5 Å². The van der Waals surface area contributed by atoms with Gasteiger partial charge >= 0.3 is 0 Å². The molecular formula is C17H2ClF10N. The Labute approximate surface area is 159 Å². The molecule has 12 heteroatoms. The third-order valence-corrected chi connectivity index (χ3v) is 4.12. The van der Waals surface area contributed by atoms with Gasteiger partial charge in [-0.05, 0) is 6.07 Å². The Morgan fingerprint density at radius 1 is 0.517 bits per heavy atom. The van der Waals surface area contributed by atoms with E-state index in [1.54, 1.807) is 0 Å². The zero-order chi connectivity index (χ0) is 21.8. The minimum Gasteiger partial charge on any atom is -0.243 e. The topological polar surface area (TPSA) is 12.9 Å². The molecule has 0 aliphatic carbocycles. The van der Waals surface area contributed by atoms with Crippen LogP contribution in [0.1, 0.15) is 0 Å². The number of aromatic nitrogens is 1. The Bertz CT molecular complexity index is 1120. The molecule has 3 aromatic rings. The van der Waals surface area contributed by atoms with Gasteiger partial charge in [0, 0.05) is 17.3 Å². The molecule has 0 spiro atoms. The second kappa shape index (κ2) is 7.21. The molecule has 1 heterocycles. The normalized spacial score (nSPS) is 11.3. The first-order chi connectivity index (χ1) is 13.5. The van der Waals surface area contributed by atoms with Crippen molar-refractivity contribution in [3.05, 3.63) is 75.6 Å². The summed E-state index contributed by atoms with van der Waals surface area (Å²) in [6.07, 6.45) is 0.482. The van der Waals surface area contributed by atoms with E-state index in [1.165, 1.54) is 0 Å². The van der Waals surface area contributed by atoms with Crippen molar-refractivity contribution in [3.8, 4) is 22.3 Å². The van der Waals surface area contributed by atoms with Crippen LogP contribution in [0.25, 0.3) is 22.3 Å². The molecule has 1 nitrogen and oxygen atoms in total. The number of hydrogen-bond donors (Lipinski definition) is 0. The third kappa shape index (κ3) is 3.09. The molecule has 0 saturated carbocycles.